The normalized spacial score (nSPS) is 15.4. The highest BCUT2D eigenvalue weighted by Gasteiger charge is 2.28. The van der Waals surface area contributed by atoms with Gasteiger partial charge in [-0.1, -0.05) is 0 Å². The molecule has 0 aliphatic heterocycles. The number of rotatable bonds is 5. The topological polar surface area (TPSA) is 73.9 Å². The number of amides is 1. The molecule has 0 aromatic carbocycles. The van der Waals surface area contributed by atoms with Crippen molar-refractivity contribution < 1.29 is 4.79 Å². The maximum atomic E-state index is 11.6. The Morgan fingerprint density at radius 2 is 2.31 bits per heavy atom. The van der Waals surface area contributed by atoms with Crippen LogP contribution in [0.5, 0.6) is 0 Å². The Bertz CT molecular complexity index is 369. The third-order valence-electron chi connectivity index (χ3n) is 2.51. The summed E-state index contributed by atoms with van der Waals surface area (Å²) in [5, 5.41) is 9.51. The summed E-state index contributed by atoms with van der Waals surface area (Å²) in [7, 11) is 3.92. The van der Waals surface area contributed by atoms with Gasteiger partial charge in [0, 0.05) is 19.0 Å². The number of hydrogen-bond donors (Lipinski definition) is 2. The van der Waals surface area contributed by atoms with Crippen LogP contribution in [0, 0.1) is 0 Å². The van der Waals surface area contributed by atoms with Crippen LogP contribution in [0.1, 0.15) is 35.2 Å². The Morgan fingerprint density at radius 1 is 1.56 bits per heavy atom. The average Bonchev–Trinajstić information content (AvgIpc) is 2.96. The monoisotopic (exact) mass is 223 g/mol. The van der Waals surface area contributed by atoms with Crippen LogP contribution < -0.4 is 5.32 Å². The van der Waals surface area contributed by atoms with E-state index in [1.807, 2.05) is 19.0 Å². The molecule has 88 valence electrons. The second-order valence-corrected chi connectivity index (χ2v) is 4.38. The minimum absolute atomic E-state index is 0.204. The first-order valence-corrected chi connectivity index (χ1v) is 5.52. The van der Waals surface area contributed by atoms with Crippen LogP contribution in [-0.4, -0.2) is 53.2 Å². The number of likely N-dealkylation sites (N-methyl/N-ethyl adjacent to an activating group) is 1. The fourth-order valence-electron chi connectivity index (χ4n) is 1.39. The molecule has 0 saturated heterocycles. The number of nitrogens with zero attached hydrogens (tertiary/aromatic N) is 3. The molecule has 1 heterocycles. The number of carbonyl (C=O) groups is 1. The molecule has 0 atom stereocenters. The van der Waals surface area contributed by atoms with E-state index in [1.54, 1.807) is 0 Å². The van der Waals surface area contributed by atoms with Gasteiger partial charge in [-0.25, -0.2) is 4.98 Å². The lowest BCUT2D eigenvalue weighted by molar-refractivity contribution is 0.0941. The van der Waals surface area contributed by atoms with Gasteiger partial charge in [-0.2, -0.15) is 0 Å². The fraction of sp³-hybridized carbons (Fsp3) is 0.700. The van der Waals surface area contributed by atoms with Crippen LogP contribution in [0.25, 0.3) is 0 Å². The first kappa shape index (κ1) is 11.1. The van der Waals surface area contributed by atoms with E-state index in [0.717, 1.165) is 25.2 Å². The van der Waals surface area contributed by atoms with Gasteiger partial charge in [0.1, 0.15) is 5.82 Å². The van der Waals surface area contributed by atoms with E-state index in [9.17, 15) is 4.79 Å². The predicted octanol–water partition coefficient (Wildman–Crippen LogP) is -0.0265. The molecule has 1 saturated carbocycles. The van der Waals surface area contributed by atoms with Gasteiger partial charge < -0.3 is 10.2 Å². The molecule has 0 spiro atoms. The van der Waals surface area contributed by atoms with Gasteiger partial charge in [0.2, 0.25) is 5.82 Å². The van der Waals surface area contributed by atoms with Crippen molar-refractivity contribution in [3.63, 3.8) is 0 Å². The number of aromatic amines is 1. The maximum absolute atomic E-state index is 11.6. The van der Waals surface area contributed by atoms with Gasteiger partial charge in [0.05, 0.1) is 0 Å². The van der Waals surface area contributed by atoms with E-state index < -0.39 is 0 Å². The third kappa shape index (κ3) is 2.79. The van der Waals surface area contributed by atoms with Crippen LogP contribution in [0.2, 0.25) is 0 Å². The SMILES string of the molecule is CN(C)CCNC(=O)c1n[nH]c(C2CC2)n1. The fourth-order valence-corrected chi connectivity index (χ4v) is 1.39. The smallest absolute Gasteiger partial charge is 0.291 e. The lowest BCUT2D eigenvalue weighted by Gasteiger charge is -2.08. The van der Waals surface area contributed by atoms with E-state index in [0.29, 0.717) is 12.5 Å². The summed E-state index contributed by atoms with van der Waals surface area (Å²) in [5.41, 5.74) is 0. The summed E-state index contributed by atoms with van der Waals surface area (Å²) in [4.78, 5) is 17.8. The summed E-state index contributed by atoms with van der Waals surface area (Å²) in [6, 6.07) is 0. The summed E-state index contributed by atoms with van der Waals surface area (Å²) in [5.74, 6) is 1.39. The molecule has 16 heavy (non-hydrogen) atoms. The van der Waals surface area contributed by atoms with E-state index in [1.165, 1.54) is 0 Å². The van der Waals surface area contributed by atoms with Crippen molar-refractivity contribution in [1.82, 2.24) is 25.4 Å². The average molecular weight is 223 g/mol. The minimum atomic E-state index is -0.204. The van der Waals surface area contributed by atoms with E-state index in [-0.39, 0.29) is 11.7 Å². The Morgan fingerprint density at radius 3 is 2.94 bits per heavy atom. The van der Waals surface area contributed by atoms with E-state index >= 15 is 0 Å². The molecular formula is C10H17N5O. The first-order chi connectivity index (χ1) is 7.66. The molecule has 0 radical (unpaired) electrons. The number of H-pyrrole nitrogens is 1. The Balaban J connectivity index is 1.83. The Labute approximate surface area is 94.4 Å². The van der Waals surface area contributed by atoms with Gasteiger partial charge in [-0.15, -0.1) is 5.10 Å². The minimum Gasteiger partial charge on any atom is -0.348 e. The largest absolute Gasteiger partial charge is 0.348 e. The van der Waals surface area contributed by atoms with Crippen LogP contribution in [0.3, 0.4) is 0 Å². The predicted molar refractivity (Wildman–Crippen MR) is 59.2 cm³/mol. The van der Waals surface area contributed by atoms with Crippen molar-refractivity contribution in [3.8, 4) is 0 Å². The maximum Gasteiger partial charge on any atom is 0.291 e. The molecule has 0 unspecified atom stereocenters. The van der Waals surface area contributed by atoms with Gasteiger partial charge in [-0.05, 0) is 26.9 Å². The number of hydrogen-bond acceptors (Lipinski definition) is 4. The molecule has 2 N–H and O–H groups in total. The van der Waals surface area contributed by atoms with Crippen molar-refractivity contribution in [2.45, 2.75) is 18.8 Å². The van der Waals surface area contributed by atoms with Crippen LogP contribution in [0.15, 0.2) is 0 Å². The standard InChI is InChI=1S/C10H17N5O/c1-15(2)6-5-11-10(16)9-12-8(13-14-9)7-3-4-7/h7H,3-6H2,1-2H3,(H,11,16)(H,12,13,14). The highest BCUT2D eigenvalue weighted by Crippen LogP contribution is 2.37. The second-order valence-electron chi connectivity index (χ2n) is 4.38. The zero-order valence-electron chi connectivity index (χ0n) is 9.66. The third-order valence-corrected chi connectivity index (χ3v) is 2.51. The lowest BCUT2D eigenvalue weighted by Crippen LogP contribution is -2.31. The molecule has 1 fully saturated rings. The van der Waals surface area contributed by atoms with Crippen molar-refractivity contribution in [1.29, 1.82) is 0 Å². The van der Waals surface area contributed by atoms with E-state index in [2.05, 4.69) is 20.5 Å². The number of aromatic nitrogens is 3. The van der Waals surface area contributed by atoms with Gasteiger partial charge >= 0.3 is 0 Å². The lowest BCUT2D eigenvalue weighted by atomic mass is 10.4. The molecule has 6 heteroatoms. The van der Waals surface area contributed by atoms with Gasteiger partial charge in [-0.3, -0.25) is 9.89 Å². The second kappa shape index (κ2) is 4.61. The van der Waals surface area contributed by atoms with Crippen LogP contribution in [-0.2, 0) is 0 Å². The number of carbonyl (C=O) groups excluding carboxylic acids is 1. The quantitative estimate of drug-likeness (QED) is 0.735. The highest BCUT2D eigenvalue weighted by atomic mass is 16.2. The van der Waals surface area contributed by atoms with Crippen molar-refractivity contribution in [2.24, 2.45) is 0 Å². The summed E-state index contributed by atoms with van der Waals surface area (Å²) in [6.45, 7) is 1.42. The zero-order chi connectivity index (χ0) is 11.5. The molecule has 1 aromatic rings. The molecule has 6 nitrogen and oxygen atoms in total. The van der Waals surface area contributed by atoms with E-state index in [4.69, 9.17) is 0 Å². The zero-order valence-corrected chi connectivity index (χ0v) is 9.66. The van der Waals surface area contributed by atoms with Crippen molar-refractivity contribution in [3.05, 3.63) is 11.6 Å². The molecular weight excluding hydrogens is 206 g/mol. The molecule has 1 aliphatic carbocycles. The Hall–Kier alpha value is -1.43. The highest BCUT2D eigenvalue weighted by molar-refractivity contribution is 5.90. The van der Waals surface area contributed by atoms with Crippen molar-refractivity contribution >= 4 is 5.91 Å². The summed E-state index contributed by atoms with van der Waals surface area (Å²) >= 11 is 0. The molecule has 1 aromatic heterocycles. The Kier molecular flexibility index (Phi) is 3.19. The molecule has 0 bridgehead atoms. The number of nitrogens with one attached hydrogen (secondary N) is 2. The summed E-state index contributed by atoms with van der Waals surface area (Å²) in [6.07, 6.45) is 2.30. The van der Waals surface area contributed by atoms with Crippen LogP contribution in [0.4, 0.5) is 0 Å². The molecule has 1 amide bonds. The van der Waals surface area contributed by atoms with Crippen LogP contribution >= 0.6 is 0 Å². The van der Waals surface area contributed by atoms with Gasteiger partial charge in [0.15, 0.2) is 0 Å². The van der Waals surface area contributed by atoms with Gasteiger partial charge in [0.25, 0.3) is 5.91 Å². The first-order valence-electron chi connectivity index (χ1n) is 5.52. The summed E-state index contributed by atoms with van der Waals surface area (Å²) < 4.78 is 0. The van der Waals surface area contributed by atoms with Crippen molar-refractivity contribution in [2.75, 3.05) is 27.2 Å². The molecule has 2 rings (SSSR count). The molecule has 1 aliphatic rings.